The van der Waals surface area contributed by atoms with E-state index in [9.17, 15) is 0 Å². The molecule has 4 nitrogen and oxygen atoms in total. The fourth-order valence-electron chi connectivity index (χ4n) is 2.56. The molecule has 2 unspecified atom stereocenters. The fraction of sp³-hybridized carbons (Fsp3) is 0.769. The molecule has 18 heavy (non-hydrogen) atoms. The number of hydrogen-bond donors (Lipinski definition) is 1. The number of hydrogen-bond acceptors (Lipinski definition) is 5. The van der Waals surface area contributed by atoms with Gasteiger partial charge in [0.15, 0.2) is 5.13 Å². The third kappa shape index (κ3) is 2.68. The molecular weight excluding hydrogens is 246 g/mol. The van der Waals surface area contributed by atoms with Crippen LogP contribution in [0.4, 0.5) is 5.13 Å². The summed E-state index contributed by atoms with van der Waals surface area (Å²) >= 11 is 1.75. The molecule has 0 bridgehead atoms. The van der Waals surface area contributed by atoms with Crippen molar-refractivity contribution in [2.24, 2.45) is 5.73 Å². The average Bonchev–Trinajstić information content (AvgIpc) is 2.81. The molecule has 0 aromatic carbocycles. The monoisotopic (exact) mass is 269 g/mol. The minimum Gasteiger partial charge on any atom is -0.381 e. The van der Waals surface area contributed by atoms with Crippen LogP contribution in [0, 0.1) is 0 Å². The van der Waals surface area contributed by atoms with Gasteiger partial charge in [0.25, 0.3) is 0 Å². The van der Waals surface area contributed by atoms with E-state index in [0.29, 0.717) is 18.7 Å². The van der Waals surface area contributed by atoms with E-state index in [1.165, 1.54) is 10.6 Å². The summed E-state index contributed by atoms with van der Waals surface area (Å²) in [5.74, 6) is 0. The first-order chi connectivity index (χ1) is 8.69. The molecular formula is C13H23N3OS. The lowest BCUT2D eigenvalue weighted by molar-refractivity contribution is 0.0721. The van der Waals surface area contributed by atoms with Crippen LogP contribution in [-0.4, -0.2) is 30.8 Å². The summed E-state index contributed by atoms with van der Waals surface area (Å²) in [7, 11) is 1.80. The molecule has 0 saturated carbocycles. The maximum atomic E-state index is 5.78. The van der Waals surface area contributed by atoms with Crippen molar-refractivity contribution in [3.8, 4) is 0 Å². The van der Waals surface area contributed by atoms with E-state index in [4.69, 9.17) is 15.5 Å². The van der Waals surface area contributed by atoms with Gasteiger partial charge in [-0.25, -0.2) is 4.98 Å². The van der Waals surface area contributed by atoms with E-state index < -0.39 is 0 Å². The van der Waals surface area contributed by atoms with Crippen molar-refractivity contribution in [3.05, 3.63) is 10.6 Å². The van der Waals surface area contributed by atoms with Gasteiger partial charge in [0, 0.05) is 31.1 Å². The molecule has 2 heterocycles. The zero-order valence-corrected chi connectivity index (χ0v) is 12.3. The average molecular weight is 269 g/mol. The number of nitrogens with zero attached hydrogens (tertiary/aromatic N) is 2. The lowest BCUT2D eigenvalue weighted by Gasteiger charge is -2.36. The van der Waals surface area contributed by atoms with Gasteiger partial charge in [0.1, 0.15) is 0 Å². The Labute approximate surface area is 113 Å². The highest BCUT2D eigenvalue weighted by molar-refractivity contribution is 7.15. The highest BCUT2D eigenvalue weighted by atomic mass is 32.1. The first-order valence-corrected chi connectivity index (χ1v) is 7.49. The standard InChI is InChI=1S/C13H23N3OS/c1-4-11-12(8-14)18-13(15-11)16-6-5-10(17-3)7-9(16)2/h9-10H,4-8,14H2,1-3H3. The Bertz CT molecular complexity index is 372. The maximum absolute atomic E-state index is 5.78. The molecule has 1 aromatic heterocycles. The lowest BCUT2D eigenvalue weighted by atomic mass is 10.0. The van der Waals surface area contributed by atoms with Crippen LogP contribution in [0.15, 0.2) is 0 Å². The minimum atomic E-state index is 0.399. The first kappa shape index (κ1) is 13.8. The molecule has 1 saturated heterocycles. The van der Waals surface area contributed by atoms with E-state index in [0.717, 1.165) is 30.9 Å². The van der Waals surface area contributed by atoms with Gasteiger partial charge in [-0.2, -0.15) is 0 Å². The van der Waals surface area contributed by atoms with Gasteiger partial charge < -0.3 is 15.4 Å². The molecule has 0 spiro atoms. The Kier molecular flexibility index (Phi) is 4.59. The fourth-order valence-corrected chi connectivity index (χ4v) is 3.71. The zero-order valence-electron chi connectivity index (χ0n) is 11.5. The zero-order chi connectivity index (χ0) is 13.1. The van der Waals surface area contributed by atoms with E-state index >= 15 is 0 Å². The van der Waals surface area contributed by atoms with Crippen LogP contribution in [0.3, 0.4) is 0 Å². The predicted molar refractivity (Wildman–Crippen MR) is 76.2 cm³/mol. The number of thiazole rings is 1. The second-order valence-corrected chi connectivity index (χ2v) is 5.91. The van der Waals surface area contributed by atoms with Gasteiger partial charge in [0.2, 0.25) is 0 Å². The molecule has 2 rings (SSSR count). The molecule has 1 fully saturated rings. The summed E-state index contributed by atoms with van der Waals surface area (Å²) in [4.78, 5) is 8.38. The van der Waals surface area contributed by atoms with Gasteiger partial charge in [0.05, 0.1) is 11.8 Å². The number of piperidine rings is 1. The Hall–Kier alpha value is -0.650. The molecule has 1 aliphatic rings. The van der Waals surface area contributed by atoms with Crippen LogP contribution < -0.4 is 10.6 Å². The molecule has 1 aromatic rings. The van der Waals surface area contributed by atoms with E-state index in [-0.39, 0.29) is 0 Å². The molecule has 0 radical (unpaired) electrons. The van der Waals surface area contributed by atoms with Crippen molar-refractivity contribution in [3.63, 3.8) is 0 Å². The summed E-state index contributed by atoms with van der Waals surface area (Å²) in [6, 6.07) is 0.491. The molecule has 2 atom stereocenters. The van der Waals surface area contributed by atoms with Crippen LogP contribution in [0.2, 0.25) is 0 Å². The number of aryl methyl sites for hydroxylation is 1. The van der Waals surface area contributed by atoms with Gasteiger partial charge in [-0.15, -0.1) is 11.3 Å². The van der Waals surface area contributed by atoms with Crippen molar-refractivity contribution >= 4 is 16.5 Å². The minimum absolute atomic E-state index is 0.399. The maximum Gasteiger partial charge on any atom is 0.186 e. The summed E-state index contributed by atoms with van der Waals surface area (Å²) in [5.41, 5.74) is 6.94. The summed E-state index contributed by atoms with van der Waals surface area (Å²) in [5, 5.41) is 1.13. The third-order valence-electron chi connectivity index (χ3n) is 3.69. The Balaban J connectivity index is 2.14. The van der Waals surface area contributed by atoms with Gasteiger partial charge in [-0.1, -0.05) is 6.92 Å². The highest BCUT2D eigenvalue weighted by Gasteiger charge is 2.27. The second-order valence-electron chi connectivity index (χ2n) is 4.85. The van der Waals surface area contributed by atoms with Crippen molar-refractivity contribution < 1.29 is 4.74 Å². The second kappa shape index (κ2) is 5.99. The van der Waals surface area contributed by atoms with Crippen molar-refractivity contribution in [1.82, 2.24) is 4.98 Å². The summed E-state index contributed by atoms with van der Waals surface area (Å²) in [6.45, 7) is 6.02. The number of rotatable bonds is 4. The normalized spacial score (nSPS) is 24.6. The van der Waals surface area contributed by atoms with Gasteiger partial charge in [-0.3, -0.25) is 0 Å². The molecule has 102 valence electrons. The van der Waals surface area contributed by atoms with E-state index in [2.05, 4.69) is 18.7 Å². The van der Waals surface area contributed by atoms with Crippen molar-refractivity contribution in [2.45, 2.75) is 51.8 Å². The topological polar surface area (TPSA) is 51.4 Å². The molecule has 0 amide bonds. The lowest BCUT2D eigenvalue weighted by Crippen LogP contribution is -2.43. The van der Waals surface area contributed by atoms with E-state index in [1.54, 1.807) is 18.4 Å². The van der Waals surface area contributed by atoms with Crippen molar-refractivity contribution in [2.75, 3.05) is 18.6 Å². The SMILES string of the molecule is CCc1nc(N2CCC(OC)CC2C)sc1CN. The van der Waals surface area contributed by atoms with Gasteiger partial charge in [-0.05, 0) is 26.2 Å². The molecule has 2 N–H and O–H groups in total. The van der Waals surface area contributed by atoms with Crippen LogP contribution in [0.1, 0.15) is 37.3 Å². The Morgan fingerprint density at radius 2 is 2.33 bits per heavy atom. The number of anilines is 1. The molecule has 1 aliphatic heterocycles. The van der Waals surface area contributed by atoms with Crippen molar-refractivity contribution in [1.29, 1.82) is 0 Å². The molecule has 5 heteroatoms. The summed E-state index contributed by atoms with van der Waals surface area (Å²) in [6.07, 6.45) is 3.53. The smallest absolute Gasteiger partial charge is 0.186 e. The van der Waals surface area contributed by atoms with Gasteiger partial charge >= 0.3 is 0 Å². The first-order valence-electron chi connectivity index (χ1n) is 6.67. The highest BCUT2D eigenvalue weighted by Crippen LogP contribution is 2.31. The number of nitrogens with two attached hydrogens (primary N) is 1. The number of methoxy groups -OCH3 is 1. The number of ether oxygens (including phenoxy) is 1. The number of aromatic nitrogens is 1. The van der Waals surface area contributed by atoms with Crippen LogP contribution >= 0.6 is 11.3 Å². The largest absolute Gasteiger partial charge is 0.381 e. The quantitative estimate of drug-likeness (QED) is 0.910. The summed E-state index contributed by atoms with van der Waals surface area (Å²) < 4.78 is 5.45. The van der Waals surface area contributed by atoms with Crippen LogP contribution in [0.25, 0.3) is 0 Å². The van der Waals surface area contributed by atoms with Crippen LogP contribution in [-0.2, 0) is 17.7 Å². The third-order valence-corrected chi connectivity index (χ3v) is 4.85. The van der Waals surface area contributed by atoms with Crippen LogP contribution in [0.5, 0.6) is 0 Å². The van der Waals surface area contributed by atoms with E-state index in [1.807, 2.05) is 0 Å². The Morgan fingerprint density at radius 3 is 2.83 bits per heavy atom. The molecule has 0 aliphatic carbocycles. The predicted octanol–water partition coefficient (Wildman–Crippen LogP) is 2.17. The Morgan fingerprint density at radius 1 is 1.56 bits per heavy atom.